The molecule has 0 aromatic heterocycles. The quantitative estimate of drug-likeness (QED) is 0.652. The van der Waals surface area contributed by atoms with Crippen LogP contribution in [0.5, 0.6) is 0 Å². The van der Waals surface area contributed by atoms with Crippen LogP contribution in [-0.4, -0.2) is 36.6 Å². The van der Waals surface area contributed by atoms with Crippen LogP contribution in [0, 0.1) is 5.92 Å². The number of hydrogen-bond donors (Lipinski definition) is 1. The molecule has 0 aliphatic heterocycles. The smallest absolute Gasteiger partial charge is 0.0220 e. The monoisotopic (exact) mass is 228 g/mol. The van der Waals surface area contributed by atoms with Gasteiger partial charge >= 0.3 is 0 Å². The van der Waals surface area contributed by atoms with E-state index < -0.39 is 0 Å². The third-order valence-corrected chi connectivity index (χ3v) is 3.39. The Labute approximate surface area is 103 Å². The lowest BCUT2D eigenvalue weighted by Crippen LogP contribution is -2.46. The maximum atomic E-state index is 3.59. The predicted molar refractivity (Wildman–Crippen MR) is 73.9 cm³/mol. The molecule has 0 fully saturated rings. The average Bonchev–Trinajstić information content (AvgIpc) is 2.26. The van der Waals surface area contributed by atoms with E-state index in [1.165, 1.54) is 12.8 Å². The van der Waals surface area contributed by atoms with E-state index in [1.54, 1.807) is 0 Å². The molecule has 0 amide bonds. The van der Waals surface area contributed by atoms with E-state index in [1.807, 2.05) is 0 Å². The van der Waals surface area contributed by atoms with Crippen molar-refractivity contribution in [1.82, 2.24) is 10.2 Å². The van der Waals surface area contributed by atoms with Gasteiger partial charge in [0, 0.05) is 18.6 Å². The fourth-order valence-corrected chi connectivity index (χ4v) is 2.20. The number of nitrogens with one attached hydrogen (secondary N) is 1. The molecule has 98 valence electrons. The van der Waals surface area contributed by atoms with E-state index in [0.29, 0.717) is 12.1 Å². The summed E-state index contributed by atoms with van der Waals surface area (Å²) < 4.78 is 0. The van der Waals surface area contributed by atoms with Gasteiger partial charge in [0.05, 0.1) is 0 Å². The van der Waals surface area contributed by atoms with E-state index >= 15 is 0 Å². The zero-order valence-corrected chi connectivity index (χ0v) is 12.2. The minimum Gasteiger partial charge on any atom is -0.315 e. The number of hydrogen-bond acceptors (Lipinski definition) is 2. The molecule has 0 saturated carbocycles. The topological polar surface area (TPSA) is 15.3 Å². The van der Waals surface area contributed by atoms with Crippen LogP contribution < -0.4 is 5.32 Å². The molecule has 2 unspecified atom stereocenters. The molecule has 0 spiro atoms. The standard InChI is InChI=1S/C14H32N2/c1-7-13(6)16(9-3)14(8-2)11-15-10-12(4)5/h12-15H,7-11H2,1-6H3. The second kappa shape index (κ2) is 9.00. The molecule has 0 heterocycles. The lowest BCUT2D eigenvalue weighted by Gasteiger charge is -2.35. The summed E-state index contributed by atoms with van der Waals surface area (Å²) in [6.07, 6.45) is 2.48. The fourth-order valence-electron chi connectivity index (χ4n) is 2.20. The van der Waals surface area contributed by atoms with E-state index in [4.69, 9.17) is 0 Å². The van der Waals surface area contributed by atoms with Crippen molar-refractivity contribution in [3.05, 3.63) is 0 Å². The van der Waals surface area contributed by atoms with Gasteiger partial charge < -0.3 is 5.32 Å². The Kier molecular flexibility index (Phi) is 8.96. The molecule has 0 radical (unpaired) electrons. The predicted octanol–water partition coefficient (Wildman–Crippen LogP) is 3.13. The van der Waals surface area contributed by atoms with Gasteiger partial charge in [-0.05, 0) is 38.8 Å². The molecule has 0 aliphatic rings. The molecule has 2 heteroatoms. The van der Waals surface area contributed by atoms with Gasteiger partial charge in [-0.1, -0.05) is 34.6 Å². The largest absolute Gasteiger partial charge is 0.315 e. The van der Waals surface area contributed by atoms with Crippen molar-refractivity contribution in [2.24, 2.45) is 5.92 Å². The Hall–Kier alpha value is -0.0800. The summed E-state index contributed by atoms with van der Waals surface area (Å²) in [4.78, 5) is 2.63. The van der Waals surface area contributed by atoms with Gasteiger partial charge in [-0.15, -0.1) is 0 Å². The molecule has 0 aromatic carbocycles. The molecule has 1 N–H and O–H groups in total. The van der Waals surface area contributed by atoms with Crippen LogP contribution in [0.1, 0.15) is 54.4 Å². The van der Waals surface area contributed by atoms with Crippen LogP contribution in [0.3, 0.4) is 0 Å². The van der Waals surface area contributed by atoms with Crippen LogP contribution in [0.15, 0.2) is 0 Å². The fraction of sp³-hybridized carbons (Fsp3) is 1.00. The summed E-state index contributed by atoms with van der Waals surface area (Å²) in [7, 11) is 0. The summed E-state index contributed by atoms with van der Waals surface area (Å²) in [6, 6.07) is 1.40. The Morgan fingerprint density at radius 2 is 1.56 bits per heavy atom. The van der Waals surface area contributed by atoms with E-state index in [0.717, 1.165) is 25.6 Å². The lowest BCUT2D eigenvalue weighted by atomic mass is 10.1. The zero-order valence-electron chi connectivity index (χ0n) is 12.2. The van der Waals surface area contributed by atoms with E-state index in [9.17, 15) is 0 Å². The molecule has 0 bridgehead atoms. The lowest BCUT2D eigenvalue weighted by molar-refractivity contribution is 0.140. The summed E-state index contributed by atoms with van der Waals surface area (Å²) >= 11 is 0. The molecule has 2 atom stereocenters. The summed E-state index contributed by atoms with van der Waals surface area (Å²) in [5.74, 6) is 0.746. The van der Waals surface area contributed by atoms with Gasteiger partial charge in [0.1, 0.15) is 0 Å². The van der Waals surface area contributed by atoms with E-state index in [-0.39, 0.29) is 0 Å². The molecule has 0 aromatic rings. The first-order valence-electron chi connectivity index (χ1n) is 7.03. The van der Waals surface area contributed by atoms with Crippen molar-refractivity contribution < 1.29 is 0 Å². The van der Waals surface area contributed by atoms with Gasteiger partial charge in [0.2, 0.25) is 0 Å². The van der Waals surface area contributed by atoms with Crippen molar-refractivity contribution in [1.29, 1.82) is 0 Å². The second-order valence-corrected chi connectivity index (χ2v) is 5.20. The molecule has 16 heavy (non-hydrogen) atoms. The number of rotatable bonds is 9. The van der Waals surface area contributed by atoms with Gasteiger partial charge in [-0.2, -0.15) is 0 Å². The highest BCUT2D eigenvalue weighted by atomic mass is 15.2. The molecule has 2 nitrogen and oxygen atoms in total. The van der Waals surface area contributed by atoms with Gasteiger partial charge in [-0.25, -0.2) is 0 Å². The summed E-state index contributed by atoms with van der Waals surface area (Å²) in [5.41, 5.74) is 0. The maximum Gasteiger partial charge on any atom is 0.0220 e. The Balaban J connectivity index is 4.11. The summed E-state index contributed by atoms with van der Waals surface area (Å²) in [6.45, 7) is 17.2. The van der Waals surface area contributed by atoms with E-state index in [2.05, 4.69) is 51.8 Å². The van der Waals surface area contributed by atoms with Crippen LogP contribution in [-0.2, 0) is 0 Å². The molecule has 0 saturated heterocycles. The molecular formula is C14H32N2. The number of likely N-dealkylation sites (N-methyl/N-ethyl adjacent to an activating group) is 1. The van der Waals surface area contributed by atoms with Crippen molar-refractivity contribution >= 4 is 0 Å². The second-order valence-electron chi connectivity index (χ2n) is 5.20. The Morgan fingerprint density at radius 1 is 0.938 bits per heavy atom. The van der Waals surface area contributed by atoms with Crippen molar-refractivity contribution in [2.45, 2.75) is 66.5 Å². The van der Waals surface area contributed by atoms with Crippen molar-refractivity contribution in [2.75, 3.05) is 19.6 Å². The minimum absolute atomic E-state index is 0.693. The first kappa shape index (κ1) is 15.9. The third kappa shape index (κ3) is 5.86. The highest BCUT2D eigenvalue weighted by Crippen LogP contribution is 2.11. The summed E-state index contributed by atoms with van der Waals surface area (Å²) in [5, 5.41) is 3.59. The van der Waals surface area contributed by atoms with Crippen molar-refractivity contribution in [3.63, 3.8) is 0 Å². The number of nitrogens with zero attached hydrogens (tertiary/aromatic N) is 1. The highest BCUT2D eigenvalue weighted by Gasteiger charge is 2.19. The SMILES string of the molecule is CCC(C)N(CC)C(CC)CNCC(C)C. The van der Waals surface area contributed by atoms with Crippen LogP contribution >= 0.6 is 0 Å². The van der Waals surface area contributed by atoms with Gasteiger partial charge in [0.25, 0.3) is 0 Å². The average molecular weight is 228 g/mol. The van der Waals surface area contributed by atoms with Crippen LogP contribution in [0.25, 0.3) is 0 Å². The molecular weight excluding hydrogens is 196 g/mol. The Morgan fingerprint density at radius 3 is 1.94 bits per heavy atom. The normalized spacial score (nSPS) is 15.8. The Bertz CT molecular complexity index is 157. The highest BCUT2D eigenvalue weighted by molar-refractivity contribution is 4.76. The maximum absolute atomic E-state index is 3.59. The van der Waals surface area contributed by atoms with Crippen LogP contribution in [0.2, 0.25) is 0 Å². The van der Waals surface area contributed by atoms with Gasteiger partial charge in [0.15, 0.2) is 0 Å². The van der Waals surface area contributed by atoms with Crippen LogP contribution in [0.4, 0.5) is 0 Å². The molecule has 0 rings (SSSR count). The first-order chi connectivity index (χ1) is 7.56. The minimum atomic E-state index is 0.693. The first-order valence-corrected chi connectivity index (χ1v) is 7.03. The van der Waals surface area contributed by atoms with Crippen molar-refractivity contribution in [3.8, 4) is 0 Å². The van der Waals surface area contributed by atoms with Gasteiger partial charge in [-0.3, -0.25) is 4.90 Å². The molecule has 0 aliphatic carbocycles. The zero-order chi connectivity index (χ0) is 12.6. The third-order valence-electron chi connectivity index (χ3n) is 3.39.